The van der Waals surface area contributed by atoms with Crippen molar-refractivity contribution in [1.29, 1.82) is 0 Å². The molecule has 0 unspecified atom stereocenters. The minimum absolute atomic E-state index is 0.760. The Labute approximate surface area is 140 Å². The summed E-state index contributed by atoms with van der Waals surface area (Å²) in [4.78, 5) is 13.6. The van der Waals surface area contributed by atoms with Crippen LogP contribution in [0.25, 0.3) is 10.9 Å². The summed E-state index contributed by atoms with van der Waals surface area (Å²) >= 11 is 0. The molecule has 1 aliphatic heterocycles. The van der Waals surface area contributed by atoms with Crippen LogP contribution in [0.3, 0.4) is 0 Å². The van der Waals surface area contributed by atoms with Gasteiger partial charge in [0.25, 0.3) is 0 Å². The van der Waals surface area contributed by atoms with Gasteiger partial charge in [0.05, 0.1) is 5.52 Å². The lowest BCUT2D eigenvalue weighted by atomic mass is 10.2. The monoisotopic (exact) mass is 323 g/mol. The zero-order chi connectivity index (χ0) is 16.5. The molecule has 0 aliphatic carbocycles. The van der Waals surface area contributed by atoms with Crippen LogP contribution in [0, 0.1) is 6.92 Å². The maximum atomic E-state index is 4.44. The molecular weight excluding hydrogens is 302 g/mol. The first kappa shape index (κ1) is 14.9. The molecule has 3 heterocycles. The lowest BCUT2D eigenvalue weighted by Crippen LogP contribution is -2.44. The van der Waals surface area contributed by atoms with E-state index in [0.717, 1.165) is 54.4 Å². The second-order valence-electron chi connectivity index (χ2n) is 6.28. The molecule has 1 fully saturated rings. The highest BCUT2D eigenvalue weighted by atomic mass is 15.2. The van der Waals surface area contributed by atoms with Gasteiger partial charge in [-0.2, -0.15) is 5.10 Å². The normalized spacial score (nSPS) is 15.8. The molecule has 7 nitrogen and oxygen atoms in total. The summed E-state index contributed by atoms with van der Waals surface area (Å²) in [5, 5.41) is 11.4. The number of hydrogen-bond donors (Lipinski definition) is 2. The van der Waals surface area contributed by atoms with Crippen molar-refractivity contribution in [2.45, 2.75) is 6.92 Å². The second-order valence-corrected chi connectivity index (χ2v) is 6.28. The van der Waals surface area contributed by atoms with Crippen molar-refractivity contribution in [3.63, 3.8) is 0 Å². The first-order valence-electron chi connectivity index (χ1n) is 8.16. The molecular formula is C17H21N7. The highest BCUT2D eigenvalue weighted by Crippen LogP contribution is 2.27. The first-order chi connectivity index (χ1) is 11.7. The Morgan fingerprint density at radius 3 is 2.67 bits per heavy atom. The standard InChI is InChI=1S/C17H21N7/c1-12-9-16(22-21-12)20-17-14-4-3-13(10-15(14)18-11-19-17)24-7-5-23(2)6-8-24/h3-4,9-11H,5-8H2,1-2H3,(H2,18,19,20,21,22). The third-order valence-corrected chi connectivity index (χ3v) is 4.44. The van der Waals surface area contributed by atoms with E-state index >= 15 is 0 Å². The number of H-pyrrole nitrogens is 1. The van der Waals surface area contributed by atoms with Crippen LogP contribution in [-0.4, -0.2) is 58.3 Å². The number of anilines is 3. The SMILES string of the molecule is Cc1cc(Nc2ncnc3cc(N4CCN(C)CC4)ccc23)n[nH]1. The van der Waals surface area contributed by atoms with E-state index in [0.29, 0.717) is 0 Å². The van der Waals surface area contributed by atoms with Gasteiger partial charge in [0.2, 0.25) is 0 Å². The van der Waals surface area contributed by atoms with Gasteiger partial charge in [0.1, 0.15) is 12.1 Å². The predicted octanol–water partition coefficient (Wildman–Crippen LogP) is 2.16. The van der Waals surface area contributed by atoms with Gasteiger partial charge in [0.15, 0.2) is 5.82 Å². The van der Waals surface area contributed by atoms with Gasteiger partial charge in [-0.05, 0) is 32.2 Å². The number of aromatic amines is 1. The fourth-order valence-electron chi connectivity index (χ4n) is 3.01. The molecule has 2 N–H and O–H groups in total. The summed E-state index contributed by atoms with van der Waals surface area (Å²) in [7, 11) is 2.17. The molecule has 24 heavy (non-hydrogen) atoms. The molecule has 0 bridgehead atoms. The summed E-state index contributed by atoms with van der Waals surface area (Å²) < 4.78 is 0. The Balaban J connectivity index is 1.63. The quantitative estimate of drug-likeness (QED) is 0.769. The molecule has 1 saturated heterocycles. The van der Waals surface area contributed by atoms with Crippen LogP contribution in [0.2, 0.25) is 0 Å². The summed E-state index contributed by atoms with van der Waals surface area (Å²) in [6.07, 6.45) is 1.60. The first-order valence-corrected chi connectivity index (χ1v) is 8.16. The van der Waals surface area contributed by atoms with Crippen molar-refractivity contribution in [2.75, 3.05) is 43.4 Å². The number of likely N-dealkylation sites (N-methyl/N-ethyl adjacent to an activating group) is 1. The number of fused-ring (bicyclic) bond motifs is 1. The minimum atomic E-state index is 0.760. The Hall–Kier alpha value is -2.67. The van der Waals surface area contributed by atoms with Crippen LogP contribution >= 0.6 is 0 Å². The fourth-order valence-corrected chi connectivity index (χ4v) is 3.01. The van der Waals surface area contributed by atoms with E-state index in [2.05, 4.69) is 60.5 Å². The van der Waals surface area contributed by atoms with E-state index in [1.807, 2.05) is 13.0 Å². The average molecular weight is 323 g/mol. The van der Waals surface area contributed by atoms with E-state index in [9.17, 15) is 0 Å². The maximum absolute atomic E-state index is 4.44. The summed E-state index contributed by atoms with van der Waals surface area (Å²) in [5.74, 6) is 1.53. The van der Waals surface area contributed by atoms with E-state index < -0.39 is 0 Å². The van der Waals surface area contributed by atoms with Crippen molar-refractivity contribution in [3.05, 3.63) is 36.3 Å². The summed E-state index contributed by atoms with van der Waals surface area (Å²) in [5.41, 5.74) is 3.17. The van der Waals surface area contributed by atoms with Crippen molar-refractivity contribution in [1.82, 2.24) is 25.1 Å². The lowest BCUT2D eigenvalue weighted by Gasteiger charge is -2.34. The molecule has 0 amide bonds. The number of piperazine rings is 1. The average Bonchev–Trinajstić information content (AvgIpc) is 3.00. The molecule has 2 aromatic heterocycles. The molecule has 7 heteroatoms. The highest BCUT2D eigenvalue weighted by Gasteiger charge is 2.15. The van der Waals surface area contributed by atoms with Crippen molar-refractivity contribution >= 4 is 28.2 Å². The minimum Gasteiger partial charge on any atom is -0.369 e. The summed E-state index contributed by atoms with van der Waals surface area (Å²) in [6, 6.07) is 8.33. The third-order valence-electron chi connectivity index (χ3n) is 4.44. The van der Waals surface area contributed by atoms with Crippen LogP contribution in [0.5, 0.6) is 0 Å². The van der Waals surface area contributed by atoms with Gasteiger partial charge >= 0.3 is 0 Å². The van der Waals surface area contributed by atoms with Gasteiger partial charge < -0.3 is 15.1 Å². The molecule has 4 rings (SSSR count). The zero-order valence-electron chi connectivity index (χ0n) is 14.0. The Morgan fingerprint density at radius 1 is 1.08 bits per heavy atom. The second kappa shape index (κ2) is 6.09. The topological polar surface area (TPSA) is 73.0 Å². The van der Waals surface area contributed by atoms with Crippen LogP contribution in [0.1, 0.15) is 5.69 Å². The van der Waals surface area contributed by atoms with E-state index in [1.54, 1.807) is 6.33 Å². The Bertz CT molecular complexity index is 849. The van der Waals surface area contributed by atoms with Crippen molar-refractivity contribution < 1.29 is 0 Å². The summed E-state index contributed by atoms with van der Waals surface area (Å²) in [6.45, 7) is 6.24. The number of nitrogens with zero attached hydrogens (tertiary/aromatic N) is 5. The fraction of sp³-hybridized carbons (Fsp3) is 0.353. The van der Waals surface area contributed by atoms with Gasteiger partial charge in [-0.25, -0.2) is 9.97 Å². The van der Waals surface area contributed by atoms with Crippen LogP contribution in [0.4, 0.5) is 17.3 Å². The van der Waals surface area contributed by atoms with Crippen LogP contribution < -0.4 is 10.2 Å². The third kappa shape index (κ3) is 2.90. The van der Waals surface area contributed by atoms with E-state index in [-0.39, 0.29) is 0 Å². The van der Waals surface area contributed by atoms with Crippen molar-refractivity contribution in [3.8, 4) is 0 Å². The van der Waals surface area contributed by atoms with E-state index in [4.69, 9.17) is 0 Å². The number of hydrogen-bond acceptors (Lipinski definition) is 6. The van der Waals surface area contributed by atoms with Crippen LogP contribution in [0.15, 0.2) is 30.6 Å². The van der Waals surface area contributed by atoms with Crippen molar-refractivity contribution in [2.24, 2.45) is 0 Å². The lowest BCUT2D eigenvalue weighted by molar-refractivity contribution is 0.313. The Morgan fingerprint density at radius 2 is 1.92 bits per heavy atom. The smallest absolute Gasteiger partial charge is 0.153 e. The van der Waals surface area contributed by atoms with Gasteiger partial charge in [-0.1, -0.05) is 0 Å². The van der Waals surface area contributed by atoms with Crippen LogP contribution in [-0.2, 0) is 0 Å². The van der Waals surface area contributed by atoms with E-state index in [1.165, 1.54) is 5.69 Å². The number of nitrogens with one attached hydrogen (secondary N) is 2. The van der Waals surface area contributed by atoms with Gasteiger partial charge in [-0.15, -0.1) is 0 Å². The number of aromatic nitrogens is 4. The molecule has 1 aromatic carbocycles. The number of aryl methyl sites for hydroxylation is 1. The van der Waals surface area contributed by atoms with Gasteiger partial charge in [0, 0.05) is 49.0 Å². The molecule has 0 radical (unpaired) electrons. The zero-order valence-corrected chi connectivity index (χ0v) is 14.0. The maximum Gasteiger partial charge on any atom is 0.153 e. The molecule has 124 valence electrons. The predicted molar refractivity (Wildman–Crippen MR) is 95.9 cm³/mol. The number of rotatable bonds is 3. The molecule has 0 saturated carbocycles. The molecule has 3 aromatic rings. The molecule has 1 aliphatic rings. The largest absolute Gasteiger partial charge is 0.369 e. The molecule has 0 spiro atoms. The van der Waals surface area contributed by atoms with Gasteiger partial charge in [-0.3, -0.25) is 5.10 Å². The highest BCUT2D eigenvalue weighted by molar-refractivity contribution is 5.92. The Kier molecular flexibility index (Phi) is 3.78. The number of benzene rings is 1. The molecule has 0 atom stereocenters.